The van der Waals surface area contributed by atoms with Crippen LogP contribution in [0, 0.1) is 35.5 Å². The van der Waals surface area contributed by atoms with Gasteiger partial charge < -0.3 is 9.15 Å². The minimum absolute atomic E-state index is 0.0194. The monoisotopic (exact) mass is 693 g/mol. The average Bonchev–Trinajstić information content (AvgIpc) is 3.84. The fraction of sp³-hybridized carbons (Fsp3) is 0.463. The van der Waals surface area contributed by atoms with E-state index in [1.54, 1.807) is 0 Å². The van der Waals surface area contributed by atoms with Crippen molar-refractivity contribution >= 4 is 15.9 Å². The molecule has 0 N–H and O–H groups in total. The van der Waals surface area contributed by atoms with Crippen LogP contribution in [0.15, 0.2) is 89.3 Å². The van der Waals surface area contributed by atoms with Gasteiger partial charge in [0.2, 0.25) is 21.8 Å². The van der Waals surface area contributed by atoms with Crippen LogP contribution in [0.1, 0.15) is 55.7 Å². The van der Waals surface area contributed by atoms with Crippen molar-refractivity contribution in [2.45, 2.75) is 65.5 Å². The summed E-state index contributed by atoms with van der Waals surface area (Å²) in [6, 6.07) is 28.1. The molecule has 2 aliphatic heterocycles. The Morgan fingerprint density at radius 1 is 0.980 bits per heavy atom. The summed E-state index contributed by atoms with van der Waals surface area (Å²) in [5, 5.41) is 0. The van der Waals surface area contributed by atoms with Gasteiger partial charge in [0.1, 0.15) is 11.5 Å². The molecule has 2 saturated heterocycles. The van der Waals surface area contributed by atoms with Crippen molar-refractivity contribution in [3.63, 3.8) is 0 Å². The topological polar surface area (TPSA) is 93.0 Å². The first kappa shape index (κ1) is 33.2. The van der Waals surface area contributed by atoms with Crippen molar-refractivity contribution in [3.05, 3.63) is 108 Å². The van der Waals surface area contributed by atoms with E-state index in [9.17, 15) is 13.2 Å². The lowest BCUT2D eigenvalue weighted by atomic mass is 9.69. The number of benzene rings is 3. The Hall–Kier alpha value is -3.95. The number of sulfonamides is 1. The van der Waals surface area contributed by atoms with Crippen LogP contribution >= 0.6 is 0 Å². The number of hydrogen-bond acceptors (Lipinski definition) is 7. The summed E-state index contributed by atoms with van der Waals surface area (Å²) >= 11 is 0. The van der Waals surface area contributed by atoms with E-state index in [1.165, 1.54) is 9.87 Å². The van der Waals surface area contributed by atoms with Crippen molar-refractivity contribution in [2.24, 2.45) is 28.6 Å². The van der Waals surface area contributed by atoms with Crippen molar-refractivity contribution in [1.29, 1.82) is 0 Å². The van der Waals surface area contributed by atoms with Gasteiger partial charge in [0, 0.05) is 37.0 Å². The normalized spacial score (nSPS) is 27.9. The predicted octanol–water partition coefficient (Wildman–Crippen LogP) is 6.93. The second-order valence-electron chi connectivity index (χ2n) is 15.6. The van der Waals surface area contributed by atoms with Crippen molar-refractivity contribution in [3.8, 4) is 17.2 Å². The van der Waals surface area contributed by atoms with E-state index in [-0.39, 0.29) is 34.4 Å². The molecule has 4 aromatic rings. The van der Waals surface area contributed by atoms with Crippen LogP contribution in [-0.2, 0) is 34.2 Å². The third-order valence-electron chi connectivity index (χ3n) is 12.6. The van der Waals surface area contributed by atoms with E-state index in [0.29, 0.717) is 37.8 Å². The van der Waals surface area contributed by atoms with Gasteiger partial charge in [-0.25, -0.2) is 17.7 Å². The lowest BCUT2D eigenvalue weighted by Gasteiger charge is -2.37. The van der Waals surface area contributed by atoms with Crippen molar-refractivity contribution in [1.82, 2.24) is 14.2 Å². The summed E-state index contributed by atoms with van der Waals surface area (Å²) in [4.78, 5) is 21.7. The van der Waals surface area contributed by atoms with Gasteiger partial charge in [-0.15, -0.1) is 0 Å². The van der Waals surface area contributed by atoms with E-state index < -0.39 is 15.9 Å². The van der Waals surface area contributed by atoms with Gasteiger partial charge in [0.05, 0.1) is 30.0 Å². The van der Waals surface area contributed by atoms with E-state index in [0.717, 1.165) is 60.7 Å². The molecule has 0 radical (unpaired) electrons. The van der Waals surface area contributed by atoms with E-state index >= 15 is 0 Å². The quantitative estimate of drug-likeness (QED) is 0.178. The first-order valence-corrected chi connectivity index (χ1v) is 19.7. The van der Waals surface area contributed by atoms with Crippen molar-refractivity contribution < 1.29 is 22.4 Å². The molecule has 8 nitrogen and oxygen atoms in total. The van der Waals surface area contributed by atoms with Crippen LogP contribution in [0.2, 0.25) is 0 Å². The van der Waals surface area contributed by atoms with Gasteiger partial charge in [0.25, 0.3) is 0 Å². The first-order valence-electron chi connectivity index (χ1n) is 18.1. The third-order valence-corrected chi connectivity index (χ3v) is 14.5. The Labute approximate surface area is 295 Å². The number of hydrogen-bond donors (Lipinski definition) is 0. The molecule has 9 heteroatoms. The molecule has 4 aliphatic rings. The molecular weight excluding hydrogens is 647 g/mol. The van der Waals surface area contributed by atoms with Crippen LogP contribution in [-0.4, -0.2) is 60.0 Å². The van der Waals surface area contributed by atoms with E-state index in [2.05, 4.69) is 43.0 Å². The fourth-order valence-corrected chi connectivity index (χ4v) is 12.4. The molecule has 1 aromatic heterocycles. The molecule has 4 fully saturated rings. The average molecular weight is 694 g/mol. The molecule has 1 spiro atoms. The van der Waals surface area contributed by atoms with Crippen LogP contribution in [0.5, 0.6) is 5.75 Å². The molecule has 1 amide bonds. The Morgan fingerprint density at radius 3 is 2.48 bits per heavy atom. The minimum Gasteiger partial charge on any atom is -0.493 e. The summed E-state index contributed by atoms with van der Waals surface area (Å²) in [6.45, 7) is 8.86. The Balaban J connectivity index is 0.987. The molecule has 3 aromatic carbocycles. The van der Waals surface area contributed by atoms with E-state index in [4.69, 9.17) is 14.1 Å². The number of fused-ring (bicyclic) bond motifs is 1. The van der Waals surface area contributed by atoms with Crippen LogP contribution < -0.4 is 4.74 Å². The van der Waals surface area contributed by atoms with E-state index in [1.807, 2.05) is 67.6 Å². The van der Waals surface area contributed by atoms with Gasteiger partial charge >= 0.3 is 0 Å². The number of aryl methyl sites for hydroxylation is 1. The molecule has 50 heavy (non-hydrogen) atoms. The smallest absolute Gasteiger partial charge is 0.241 e. The second-order valence-corrected chi connectivity index (χ2v) is 17.5. The largest absolute Gasteiger partial charge is 0.493 e. The van der Waals surface area contributed by atoms with Gasteiger partial charge in [-0.1, -0.05) is 74.5 Å². The summed E-state index contributed by atoms with van der Waals surface area (Å²) < 4.78 is 41.3. The zero-order valence-electron chi connectivity index (χ0n) is 29.3. The maximum Gasteiger partial charge on any atom is 0.241 e. The summed E-state index contributed by atoms with van der Waals surface area (Å²) in [5.41, 5.74) is 3.69. The lowest BCUT2D eigenvalue weighted by Crippen LogP contribution is -2.47. The number of rotatable bonds is 10. The molecule has 2 aliphatic carbocycles. The van der Waals surface area contributed by atoms with Gasteiger partial charge in [0.15, 0.2) is 0 Å². The Morgan fingerprint density at radius 2 is 1.72 bits per heavy atom. The molecular formula is C41H47N3O5S. The predicted molar refractivity (Wildman–Crippen MR) is 193 cm³/mol. The minimum atomic E-state index is -3.69. The highest BCUT2D eigenvalue weighted by Gasteiger charge is 2.72. The first-order chi connectivity index (χ1) is 24.0. The summed E-state index contributed by atoms with van der Waals surface area (Å²) in [6.07, 6.45) is 4.03. The fourth-order valence-electron chi connectivity index (χ4n) is 9.86. The maximum absolute atomic E-state index is 14.6. The molecule has 2 unspecified atom stereocenters. The summed E-state index contributed by atoms with van der Waals surface area (Å²) in [7, 11) is -3.69. The van der Waals surface area contributed by atoms with Crippen molar-refractivity contribution in [2.75, 3.05) is 25.4 Å². The molecule has 3 heterocycles. The number of oxazole rings is 1. The SMILES string of the molecule is Cc1oc(-c2ccccc2)nc1CCOc1cccc(C[C@@H]2CN(Cc3ccccc3)C[C@@H]2C(=O)N2C3CC4CC[C@@]3(CS2(=O)=O)C4(C)C)c1. The van der Waals surface area contributed by atoms with Crippen LogP contribution in [0.3, 0.4) is 0 Å². The zero-order chi connectivity index (χ0) is 34.7. The molecule has 2 bridgehead atoms. The lowest BCUT2D eigenvalue weighted by molar-refractivity contribution is -0.134. The third kappa shape index (κ3) is 5.76. The van der Waals surface area contributed by atoms with Gasteiger partial charge in [-0.05, 0) is 85.3 Å². The number of carbonyl (C=O) groups is 1. The van der Waals surface area contributed by atoms with Crippen LogP contribution in [0.25, 0.3) is 11.5 Å². The number of ether oxygens (including phenoxy) is 1. The Bertz CT molecular complexity index is 1980. The molecule has 5 atom stereocenters. The number of likely N-dealkylation sites (tertiary alicyclic amines) is 1. The standard InChI is InChI=1S/C41H47N3O5S/c1-28-36(42-38(49-28)31-14-8-5-9-15-31)18-20-48-34-16-10-13-30(22-34)21-32-25-43(24-29-11-6-4-7-12-29)26-35(32)39(45)44-37-23-33-17-19-41(37,40(33,2)3)27-50(44,46)47/h4-16,22,32-33,35,37H,17-21,23-27H2,1-3H3/t32-,33?,35+,37?,41+/m1/s1. The number of nitrogens with zero attached hydrogens (tertiary/aromatic N) is 3. The Kier molecular flexibility index (Phi) is 8.42. The maximum atomic E-state index is 14.6. The van der Waals surface area contributed by atoms with Crippen LogP contribution in [0.4, 0.5) is 0 Å². The molecule has 8 rings (SSSR count). The highest BCUT2D eigenvalue weighted by Crippen LogP contribution is 2.70. The molecule has 2 saturated carbocycles. The second kappa shape index (κ2) is 12.7. The molecule has 262 valence electrons. The summed E-state index contributed by atoms with van der Waals surface area (Å²) in [5.74, 6) is 2.13. The number of carbonyl (C=O) groups excluding carboxylic acids is 1. The highest BCUT2D eigenvalue weighted by atomic mass is 32.2. The van der Waals surface area contributed by atoms with Gasteiger partial charge in [-0.2, -0.15) is 0 Å². The highest BCUT2D eigenvalue weighted by molar-refractivity contribution is 7.90. The number of aromatic nitrogens is 1. The zero-order valence-corrected chi connectivity index (χ0v) is 30.1. The van der Waals surface area contributed by atoms with Gasteiger partial charge in [-0.3, -0.25) is 9.69 Å². The number of amides is 1.